The van der Waals surface area contributed by atoms with Gasteiger partial charge in [0.15, 0.2) is 0 Å². The summed E-state index contributed by atoms with van der Waals surface area (Å²) in [5, 5.41) is 3.03. The van der Waals surface area contributed by atoms with Crippen molar-refractivity contribution in [1.29, 1.82) is 0 Å². The van der Waals surface area contributed by atoms with Crippen molar-refractivity contribution >= 4 is 5.69 Å². The fourth-order valence-corrected chi connectivity index (χ4v) is 1.55. The lowest BCUT2D eigenvalue weighted by Gasteiger charge is -2.10. The number of nitrogens with zero attached hydrogens (tertiary/aromatic N) is 2. The summed E-state index contributed by atoms with van der Waals surface area (Å²) in [6, 6.07) is 5.45. The third-order valence-electron chi connectivity index (χ3n) is 2.44. The Morgan fingerprint density at radius 3 is 2.69 bits per heavy atom. The van der Waals surface area contributed by atoms with Crippen molar-refractivity contribution < 1.29 is 4.74 Å². The van der Waals surface area contributed by atoms with Crippen LogP contribution in [-0.4, -0.2) is 32.6 Å². The molecule has 0 aliphatic heterocycles. The standard InChI is InChI=1S/C12H18N2O2/c1-14(2)8-4-5-10-6-7-11(16-3)9-12(10)13-15/h6-7,9H,4-5,8H2,1-3H3. The van der Waals surface area contributed by atoms with E-state index in [0.717, 1.165) is 24.9 Å². The van der Waals surface area contributed by atoms with Crippen LogP contribution in [0.1, 0.15) is 12.0 Å². The first-order valence-corrected chi connectivity index (χ1v) is 5.32. The molecule has 0 radical (unpaired) electrons. The van der Waals surface area contributed by atoms with Gasteiger partial charge in [0.25, 0.3) is 0 Å². The summed E-state index contributed by atoms with van der Waals surface area (Å²) in [5.74, 6) is 0.672. The van der Waals surface area contributed by atoms with Gasteiger partial charge in [-0.25, -0.2) is 0 Å². The molecule has 0 aliphatic carbocycles. The number of aryl methyl sites for hydroxylation is 1. The largest absolute Gasteiger partial charge is 0.497 e. The average molecular weight is 222 g/mol. The molecule has 4 heteroatoms. The third-order valence-corrected chi connectivity index (χ3v) is 2.44. The lowest BCUT2D eigenvalue weighted by Crippen LogP contribution is -2.13. The molecule has 0 atom stereocenters. The van der Waals surface area contributed by atoms with E-state index in [1.54, 1.807) is 13.2 Å². The van der Waals surface area contributed by atoms with Crippen LogP contribution in [0.2, 0.25) is 0 Å². The van der Waals surface area contributed by atoms with Gasteiger partial charge in [-0.3, -0.25) is 0 Å². The second-order valence-corrected chi connectivity index (χ2v) is 3.99. The minimum Gasteiger partial charge on any atom is -0.497 e. The zero-order valence-electron chi connectivity index (χ0n) is 10.1. The maximum atomic E-state index is 10.7. The minimum atomic E-state index is 0.484. The predicted octanol–water partition coefficient (Wildman–Crippen LogP) is 2.59. The lowest BCUT2D eigenvalue weighted by atomic mass is 10.1. The quantitative estimate of drug-likeness (QED) is 0.695. The van der Waals surface area contributed by atoms with Crippen LogP contribution in [0, 0.1) is 4.91 Å². The van der Waals surface area contributed by atoms with Gasteiger partial charge in [0, 0.05) is 6.07 Å². The van der Waals surface area contributed by atoms with Crippen molar-refractivity contribution in [2.24, 2.45) is 5.18 Å². The Morgan fingerprint density at radius 2 is 2.12 bits per heavy atom. The first-order chi connectivity index (χ1) is 7.67. The summed E-state index contributed by atoms with van der Waals surface area (Å²) in [7, 11) is 5.65. The van der Waals surface area contributed by atoms with Crippen LogP contribution in [-0.2, 0) is 6.42 Å². The molecule has 88 valence electrons. The van der Waals surface area contributed by atoms with Gasteiger partial charge in [0.1, 0.15) is 11.4 Å². The molecule has 0 spiro atoms. The highest BCUT2D eigenvalue weighted by molar-refractivity contribution is 5.50. The van der Waals surface area contributed by atoms with E-state index in [1.165, 1.54) is 0 Å². The molecule has 0 aliphatic rings. The number of benzene rings is 1. The van der Waals surface area contributed by atoms with Crippen molar-refractivity contribution in [1.82, 2.24) is 4.90 Å². The molecule has 0 saturated carbocycles. The van der Waals surface area contributed by atoms with Crippen LogP contribution >= 0.6 is 0 Å². The Hall–Kier alpha value is -1.42. The summed E-state index contributed by atoms with van der Waals surface area (Å²) in [5.41, 5.74) is 1.47. The molecule has 0 fully saturated rings. The van der Waals surface area contributed by atoms with Crippen LogP contribution < -0.4 is 4.74 Å². The first kappa shape index (κ1) is 12.6. The number of methoxy groups -OCH3 is 1. The van der Waals surface area contributed by atoms with Crippen LogP contribution in [0.15, 0.2) is 23.4 Å². The summed E-state index contributed by atoms with van der Waals surface area (Å²) in [6.07, 6.45) is 1.88. The number of hydrogen-bond donors (Lipinski definition) is 0. The van der Waals surface area contributed by atoms with E-state index >= 15 is 0 Å². The van der Waals surface area contributed by atoms with Gasteiger partial charge in [-0.05, 0) is 50.3 Å². The first-order valence-electron chi connectivity index (χ1n) is 5.32. The van der Waals surface area contributed by atoms with E-state index in [4.69, 9.17) is 4.74 Å². The van der Waals surface area contributed by atoms with Crippen molar-refractivity contribution in [3.8, 4) is 5.75 Å². The fourth-order valence-electron chi connectivity index (χ4n) is 1.55. The van der Waals surface area contributed by atoms with Gasteiger partial charge in [0.2, 0.25) is 0 Å². The Balaban J connectivity index is 2.68. The van der Waals surface area contributed by atoms with Crippen molar-refractivity contribution in [3.05, 3.63) is 28.7 Å². The van der Waals surface area contributed by atoms with Crippen molar-refractivity contribution in [3.63, 3.8) is 0 Å². The van der Waals surface area contributed by atoms with Crippen LogP contribution in [0.3, 0.4) is 0 Å². The zero-order chi connectivity index (χ0) is 12.0. The monoisotopic (exact) mass is 222 g/mol. The highest BCUT2D eigenvalue weighted by atomic mass is 16.5. The molecule has 4 nitrogen and oxygen atoms in total. The maximum absolute atomic E-state index is 10.7. The second-order valence-electron chi connectivity index (χ2n) is 3.99. The number of hydrogen-bond acceptors (Lipinski definition) is 4. The third kappa shape index (κ3) is 3.62. The topological polar surface area (TPSA) is 41.9 Å². The van der Waals surface area contributed by atoms with E-state index in [9.17, 15) is 4.91 Å². The molecule has 0 unspecified atom stereocenters. The Labute approximate surface area is 96.2 Å². The highest BCUT2D eigenvalue weighted by Crippen LogP contribution is 2.25. The normalized spacial score (nSPS) is 10.5. The van der Waals surface area contributed by atoms with E-state index in [2.05, 4.69) is 10.1 Å². The lowest BCUT2D eigenvalue weighted by molar-refractivity contribution is 0.400. The summed E-state index contributed by atoms with van der Waals surface area (Å²) >= 11 is 0. The second kappa shape index (κ2) is 6.23. The molecule has 1 aromatic rings. The number of nitroso groups, excluding NO2 is 1. The van der Waals surface area contributed by atoms with Crippen molar-refractivity contribution in [2.75, 3.05) is 27.7 Å². The molecule has 0 bridgehead atoms. The highest BCUT2D eigenvalue weighted by Gasteiger charge is 2.05. The van der Waals surface area contributed by atoms with E-state index in [-0.39, 0.29) is 0 Å². The van der Waals surface area contributed by atoms with Gasteiger partial charge in [-0.1, -0.05) is 6.07 Å². The number of rotatable bonds is 6. The van der Waals surface area contributed by atoms with E-state index in [0.29, 0.717) is 11.4 Å². The van der Waals surface area contributed by atoms with Gasteiger partial charge in [-0.15, -0.1) is 4.91 Å². The SMILES string of the molecule is COc1ccc(CCCN(C)C)c(N=O)c1. The molecular weight excluding hydrogens is 204 g/mol. The van der Waals surface area contributed by atoms with Gasteiger partial charge in [0.05, 0.1) is 7.11 Å². The Kier molecular flexibility index (Phi) is 4.92. The molecular formula is C12H18N2O2. The van der Waals surface area contributed by atoms with Crippen LogP contribution in [0.5, 0.6) is 5.75 Å². The summed E-state index contributed by atoms with van der Waals surface area (Å²) in [4.78, 5) is 12.8. The van der Waals surface area contributed by atoms with E-state index in [1.807, 2.05) is 26.2 Å². The van der Waals surface area contributed by atoms with Crippen LogP contribution in [0.4, 0.5) is 5.69 Å². The maximum Gasteiger partial charge on any atom is 0.121 e. The summed E-state index contributed by atoms with van der Waals surface area (Å²) in [6.45, 7) is 1.00. The molecule has 16 heavy (non-hydrogen) atoms. The molecule has 0 N–H and O–H groups in total. The minimum absolute atomic E-state index is 0.484. The van der Waals surface area contributed by atoms with Gasteiger partial charge >= 0.3 is 0 Å². The molecule has 1 aromatic carbocycles. The zero-order valence-corrected chi connectivity index (χ0v) is 10.1. The Morgan fingerprint density at radius 1 is 1.38 bits per heavy atom. The number of ether oxygens (including phenoxy) is 1. The molecule has 0 saturated heterocycles. The molecule has 1 rings (SSSR count). The molecule has 0 heterocycles. The van der Waals surface area contributed by atoms with E-state index < -0.39 is 0 Å². The Bertz CT molecular complexity index is 351. The summed E-state index contributed by atoms with van der Waals surface area (Å²) < 4.78 is 5.05. The molecule has 0 aromatic heterocycles. The molecule has 0 amide bonds. The predicted molar refractivity (Wildman–Crippen MR) is 65.3 cm³/mol. The van der Waals surface area contributed by atoms with Crippen LogP contribution in [0.25, 0.3) is 0 Å². The fraction of sp³-hybridized carbons (Fsp3) is 0.500. The van der Waals surface area contributed by atoms with Gasteiger partial charge in [-0.2, -0.15) is 0 Å². The van der Waals surface area contributed by atoms with Crippen molar-refractivity contribution in [2.45, 2.75) is 12.8 Å². The van der Waals surface area contributed by atoms with Gasteiger partial charge < -0.3 is 9.64 Å². The smallest absolute Gasteiger partial charge is 0.121 e. The average Bonchev–Trinajstić information content (AvgIpc) is 2.29.